The maximum Gasteiger partial charge on any atom is 0.119 e. The Morgan fingerprint density at radius 2 is 1.47 bits per heavy atom. The predicted octanol–water partition coefficient (Wildman–Crippen LogP) is 3.97. The fourth-order valence-electron chi connectivity index (χ4n) is 1.99. The highest BCUT2D eigenvalue weighted by molar-refractivity contribution is 5.28. The van der Waals surface area contributed by atoms with E-state index >= 15 is 0 Å². The molecule has 0 aromatic heterocycles. The Bertz CT molecular complexity index is 473. The van der Waals surface area contributed by atoms with Crippen LogP contribution >= 0.6 is 0 Å². The Labute approximate surface area is 115 Å². The largest absolute Gasteiger partial charge is 0.497 e. The van der Waals surface area contributed by atoms with E-state index in [0.717, 1.165) is 17.7 Å². The lowest BCUT2D eigenvalue weighted by Crippen LogP contribution is -1.95. The average molecular weight is 256 g/mol. The zero-order valence-electron chi connectivity index (χ0n) is 11.6. The Hall–Kier alpha value is -1.80. The minimum Gasteiger partial charge on any atom is -0.497 e. The second-order valence-corrected chi connectivity index (χ2v) is 4.52. The minimum atomic E-state index is 0.605. The van der Waals surface area contributed by atoms with Crippen LogP contribution in [0.25, 0.3) is 0 Å². The first-order valence-corrected chi connectivity index (χ1v) is 6.60. The molecule has 0 radical (unpaired) electrons. The molecule has 2 nitrogen and oxygen atoms in total. The van der Waals surface area contributed by atoms with Crippen LogP contribution in [0.5, 0.6) is 5.75 Å². The monoisotopic (exact) mass is 256 g/mol. The lowest BCUT2D eigenvalue weighted by atomic mass is 10.1. The quantitative estimate of drug-likeness (QED) is 0.778. The van der Waals surface area contributed by atoms with Crippen molar-refractivity contribution in [3.63, 3.8) is 0 Å². The van der Waals surface area contributed by atoms with Crippen molar-refractivity contribution >= 4 is 0 Å². The van der Waals surface area contributed by atoms with Crippen molar-refractivity contribution in [2.45, 2.75) is 26.6 Å². The summed E-state index contributed by atoms with van der Waals surface area (Å²) >= 11 is 0. The van der Waals surface area contributed by atoms with Crippen LogP contribution in [0.4, 0.5) is 0 Å². The summed E-state index contributed by atoms with van der Waals surface area (Å²) in [5, 5.41) is 0. The number of aryl methyl sites for hydroxylation is 1. The molecule has 0 aliphatic carbocycles. The third-order valence-corrected chi connectivity index (χ3v) is 3.07. The molecular formula is C17H20O2. The van der Waals surface area contributed by atoms with Crippen molar-refractivity contribution in [1.82, 2.24) is 0 Å². The molecule has 19 heavy (non-hydrogen) atoms. The zero-order valence-corrected chi connectivity index (χ0v) is 11.6. The van der Waals surface area contributed by atoms with Crippen molar-refractivity contribution in [2.75, 3.05) is 7.11 Å². The first kappa shape index (κ1) is 13.6. The van der Waals surface area contributed by atoms with Crippen molar-refractivity contribution in [2.24, 2.45) is 0 Å². The molecule has 2 heteroatoms. The predicted molar refractivity (Wildman–Crippen MR) is 77.3 cm³/mol. The highest BCUT2D eigenvalue weighted by Crippen LogP contribution is 2.14. The lowest BCUT2D eigenvalue weighted by molar-refractivity contribution is 0.107. The van der Waals surface area contributed by atoms with E-state index < -0.39 is 0 Å². The van der Waals surface area contributed by atoms with Crippen molar-refractivity contribution in [3.05, 3.63) is 65.2 Å². The van der Waals surface area contributed by atoms with Gasteiger partial charge < -0.3 is 9.47 Å². The molecule has 0 spiro atoms. The van der Waals surface area contributed by atoms with Crippen LogP contribution in [0.1, 0.15) is 23.6 Å². The second-order valence-electron chi connectivity index (χ2n) is 4.52. The summed E-state index contributed by atoms with van der Waals surface area (Å²) in [6, 6.07) is 16.5. The Balaban J connectivity index is 1.88. The van der Waals surface area contributed by atoms with Crippen LogP contribution in [-0.4, -0.2) is 7.11 Å². The van der Waals surface area contributed by atoms with Gasteiger partial charge in [-0.05, 0) is 35.2 Å². The molecule has 0 saturated heterocycles. The van der Waals surface area contributed by atoms with E-state index in [1.807, 2.05) is 24.3 Å². The summed E-state index contributed by atoms with van der Waals surface area (Å²) in [5.41, 5.74) is 3.70. The van der Waals surface area contributed by atoms with E-state index in [0.29, 0.717) is 13.2 Å². The number of rotatable bonds is 6. The minimum absolute atomic E-state index is 0.605. The summed E-state index contributed by atoms with van der Waals surface area (Å²) in [6.45, 7) is 3.41. The van der Waals surface area contributed by atoms with E-state index in [9.17, 15) is 0 Å². The van der Waals surface area contributed by atoms with Gasteiger partial charge in [0.25, 0.3) is 0 Å². The Morgan fingerprint density at radius 3 is 2.16 bits per heavy atom. The Kier molecular flexibility index (Phi) is 4.99. The molecule has 2 aromatic carbocycles. The number of hydrogen-bond acceptors (Lipinski definition) is 2. The van der Waals surface area contributed by atoms with Crippen LogP contribution in [0, 0.1) is 0 Å². The maximum atomic E-state index is 5.75. The van der Waals surface area contributed by atoms with Crippen molar-refractivity contribution in [3.8, 4) is 5.75 Å². The molecule has 2 rings (SSSR count). The number of benzene rings is 2. The highest BCUT2D eigenvalue weighted by atomic mass is 16.5. The van der Waals surface area contributed by atoms with Gasteiger partial charge in [-0.3, -0.25) is 0 Å². The van der Waals surface area contributed by atoms with Gasteiger partial charge in [0.1, 0.15) is 5.75 Å². The Morgan fingerprint density at radius 1 is 0.842 bits per heavy atom. The van der Waals surface area contributed by atoms with Crippen molar-refractivity contribution in [1.29, 1.82) is 0 Å². The van der Waals surface area contributed by atoms with Gasteiger partial charge in [-0.2, -0.15) is 0 Å². The van der Waals surface area contributed by atoms with E-state index in [1.165, 1.54) is 11.1 Å². The van der Waals surface area contributed by atoms with Crippen LogP contribution < -0.4 is 4.74 Å². The molecule has 0 fully saturated rings. The molecule has 0 aliphatic heterocycles. The molecule has 100 valence electrons. The fraction of sp³-hybridized carbons (Fsp3) is 0.294. The standard InChI is InChI=1S/C17H20O2/c1-3-14-6-4-7-15(10-14)12-19-13-16-8-5-9-17(11-16)18-2/h4-11H,3,12-13H2,1-2H3. The summed E-state index contributed by atoms with van der Waals surface area (Å²) in [4.78, 5) is 0. The van der Waals surface area contributed by atoms with Crippen molar-refractivity contribution < 1.29 is 9.47 Å². The third kappa shape index (κ3) is 4.11. The zero-order chi connectivity index (χ0) is 13.5. The van der Waals surface area contributed by atoms with Gasteiger partial charge in [0.05, 0.1) is 20.3 Å². The summed E-state index contributed by atoms with van der Waals surface area (Å²) in [6.07, 6.45) is 1.06. The summed E-state index contributed by atoms with van der Waals surface area (Å²) in [7, 11) is 1.68. The van der Waals surface area contributed by atoms with E-state index in [4.69, 9.17) is 9.47 Å². The number of methoxy groups -OCH3 is 1. The van der Waals surface area contributed by atoms with Gasteiger partial charge in [-0.1, -0.05) is 43.3 Å². The van der Waals surface area contributed by atoms with E-state index in [2.05, 4.69) is 31.2 Å². The number of ether oxygens (including phenoxy) is 2. The van der Waals surface area contributed by atoms with Gasteiger partial charge in [-0.25, -0.2) is 0 Å². The molecule has 0 bridgehead atoms. The second kappa shape index (κ2) is 6.95. The van der Waals surface area contributed by atoms with Gasteiger partial charge >= 0.3 is 0 Å². The van der Waals surface area contributed by atoms with Gasteiger partial charge in [0, 0.05) is 0 Å². The van der Waals surface area contributed by atoms with E-state index in [-0.39, 0.29) is 0 Å². The molecule has 2 aromatic rings. The molecular weight excluding hydrogens is 236 g/mol. The number of hydrogen-bond donors (Lipinski definition) is 0. The highest BCUT2D eigenvalue weighted by Gasteiger charge is 1.98. The van der Waals surface area contributed by atoms with E-state index in [1.54, 1.807) is 7.11 Å². The molecule has 0 unspecified atom stereocenters. The molecule has 0 aliphatic rings. The molecule has 0 saturated carbocycles. The van der Waals surface area contributed by atoms with Crippen LogP contribution in [0.2, 0.25) is 0 Å². The topological polar surface area (TPSA) is 18.5 Å². The summed E-state index contributed by atoms with van der Waals surface area (Å²) < 4.78 is 10.9. The molecule has 0 N–H and O–H groups in total. The molecule has 0 atom stereocenters. The molecule has 0 amide bonds. The van der Waals surface area contributed by atoms with Crippen LogP contribution in [-0.2, 0) is 24.4 Å². The summed E-state index contributed by atoms with van der Waals surface area (Å²) in [5.74, 6) is 0.870. The SMILES string of the molecule is CCc1cccc(COCc2cccc(OC)c2)c1. The van der Waals surface area contributed by atoms with Gasteiger partial charge in [-0.15, -0.1) is 0 Å². The smallest absolute Gasteiger partial charge is 0.119 e. The van der Waals surface area contributed by atoms with Gasteiger partial charge in [0.15, 0.2) is 0 Å². The van der Waals surface area contributed by atoms with Gasteiger partial charge in [0.2, 0.25) is 0 Å². The first-order chi connectivity index (χ1) is 9.31. The molecule has 0 heterocycles. The first-order valence-electron chi connectivity index (χ1n) is 6.60. The maximum absolute atomic E-state index is 5.75. The lowest BCUT2D eigenvalue weighted by Gasteiger charge is -2.07. The normalized spacial score (nSPS) is 10.4. The third-order valence-electron chi connectivity index (χ3n) is 3.07. The average Bonchev–Trinajstić information content (AvgIpc) is 2.48. The van der Waals surface area contributed by atoms with Crippen LogP contribution in [0.3, 0.4) is 0 Å². The van der Waals surface area contributed by atoms with Crippen LogP contribution in [0.15, 0.2) is 48.5 Å². The fourth-order valence-corrected chi connectivity index (χ4v) is 1.99.